The van der Waals surface area contributed by atoms with Crippen LogP contribution in [0.2, 0.25) is 36.3 Å². The number of fused-ring (bicyclic) bond motifs is 3. The number of carboxylic acids is 1. The number of β-amino-alcohol motifs (C(OH)–C–C–N with tert-alkyl or cyclic N) is 1. The van der Waals surface area contributed by atoms with E-state index in [4.69, 9.17) is 25.1 Å². The molecule has 13 N–H and O–H groups in total. The summed E-state index contributed by atoms with van der Waals surface area (Å²) in [6.07, 6.45) is -2.77. The van der Waals surface area contributed by atoms with Crippen LogP contribution in [-0.2, 0) is 58.4 Å². The zero-order valence-corrected chi connectivity index (χ0v) is 51.0. The lowest BCUT2D eigenvalue weighted by Crippen LogP contribution is -2.59. The molecule has 0 aliphatic carbocycles. The van der Waals surface area contributed by atoms with Gasteiger partial charge in [0.05, 0.1) is 62.0 Å². The number of amides is 8. The molecule has 442 valence electrons. The molecule has 27 heteroatoms. The monoisotopic (exact) mass is 1160 g/mol. The lowest BCUT2D eigenvalue weighted by Gasteiger charge is -2.43. The molecule has 0 saturated carbocycles. The summed E-state index contributed by atoms with van der Waals surface area (Å²) in [7, 11) is -3.37. The molecule has 1 aromatic carbocycles. The van der Waals surface area contributed by atoms with Gasteiger partial charge < -0.3 is 77.1 Å². The molecule has 1 aromatic heterocycles. The second kappa shape index (κ2) is 27.3. The Balaban J connectivity index is 1.83. The predicted octanol–water partition coefficient (Wildman–Crippen LogP) is 1.34. The molecule has 1 saturated heterocycles. The van der Waals surface area contributed by atoms with E-state index in [2.05, 4.69) is 105 Å². The van der Waals surface area contributed by atoms with Crippen LogP contribution in [0.25, 0.3) is 10.9 Å². The minimum atomic E-state index is -2.50. The summed E-state index contributed by atoms with van der Waals surface area (Å²) in [5.41, 5.74) is 13.4. The maximum absolute atomic E-state index is 14.7. The summed E-state index contributed by atoms with van der Waals surface area (Å²) >= 11 is 0.995. The topological polar surface area (TPSA) is 365 Å². The number of thioether (sulfide) groups is 1. The highest BCUT2D eigenvalue weighted by Gasteiger charge is 2.46. The van der Waals surface area contributed by atoms with Crippen LogP contribution in [0.5, 0.6) is 5.75 Å². The van der Waals surface area contributed by atoms with Crippen LogP contribution in [0.1, 0.15) is 87.1 Å². The zero-order chi connectivity index (χ0) is 59.7. The molecule has 2 aliphatic rings. The molecule has 2 aliphatic heterocycles. The molecule has 2 aromatic rings. The Bertz CT molecular complexity index is 2570. The van der Waals surface area contributed by atoms with E-state index in [1.807, 2.05) is 0 Å². The number of aliphatic hydroxyl groups excluding tert-OH is 1. The van der Waals surface area contributed by atoms with Crippen LogP contribution >= 0.6 is 11.8 Å². The number of nitrogens with zero attached hydrogens (tertiary/aromatic N) is 1. The van der Waals surface area contributed by atoms with E-state index in [-0.39, 0.29) is 35.3 Å². The van der Waals surface area contributed by atoms with Crippen LogP contribution < -0.4 is 48.1 Å². The molecular formula is C52H86N10O14SSi2. The van der Waals surface area contributed by atoms with Gasteiger partial charge in [-0.2, -0.15) is 0 Å². The number of H-pyrrole nitrogens is 1. The number of methoxy groups -OCH3 is 1. The number of rotatable bonds is 18. The number of hydrogen-bond donors (Lipinski definition) is 11. The number of hydrogen-bond acceptors (Lipinski definition) is 15. The van der Waals surface area contributed by atoms with Gasteiger partial charge in [-0.05, 0) is 59.9 Å². The number of nitrogens with two attached hydrogens (primary N) is 2. The van der Waals surface area contributed by atoms with Crippen molar-refractivity contribution in [2.45, 2.75) is 178 Å². The second-order valence-corrected chi connectivity index (χ2v) is 34.3. The third-order valence-electron chi connectivity index (χ3n) is 15.8. The van der Waals surface area contributed by atoms with Crippen molar-refractivity contribution in [2.75, 3.05) is 39.1 Å². The largest absolute Gasteiger partial charge is 0.497 e. The van der Waals surface area contributed by atoms with Crippen LogP contribution in [0, 0.1) is 11.8 Å². The van der Waals surface area contributed by atoms with Crippen molar-refractivity contribution in [1.82, 2.24) is 41.8 Å². The van der Waals surface area contributed by atoms with Crippen molar-refractivity contribution >= 4 is 92.5 Å². The summed E-state index contributed by atoms with van der Waals surface area (Å²) in [4.78, 5) is 127. The molecule has 1 unspecified atom stereocenters. The van der Waals surface area contributed by atoms with Crippen LogP contribution in [0.15, 0.2) is 23.2 Å². The molecule has 4 rings (SSSR count). The number of carbonyl (C=O) groups is 9. The fourth-order valence-corrected chi connectivity index (χ4v) is 11.9. The Hall–Kier alpha value is -5.59. The minimum Gasteiger partial charge on any atom is -0.497 e. The maximum Gasteiger partial charge on any atom is 0.326 e. The Labute approximate surface area is 469 Å². The smallest absolute Gasteiger partial charge is 0.326 e. The molecule has 0 radical (unpaired) electrons. The van der Waals surface area contributed by atoms with Gasteiger partial charge in [-0.3, -0.25) is 38.4 Å². The van der Waals surface area contributed by atoms with E-state index in [0.29, 0.717) is 33.7 Å². The van der Waals surface area contributed by atoms with Crippen molar-refractivity contribution in [3.63, 3.8) is 0 Å². The van der Waals surface area contributed by atoms with Gasteiger partial charge in [0, 0.05) is 42.5 Å². The number of carbonyl (C=O) groups excluding carboxylic acids is 8. The highest BCUT2D eigenvalue weighted by atomic mass is 32.2. The van der Waals surface area contributed by atoms with Gasteiger partial charge in [-0.25, -0.2) is 4.79 Å². The normalized spacial score (nSPS) is 22.5. The number of ether oxygens (including phenoxy) is 1. The second-order valence-electron chi connectivity index (χ2n) is 23.7. The lowest BCUT2D eigenvalue weighted by atomic mass is 9.95. The third kappa shape index (κ3) is 17.5. The number of aliphatic carboxylic acids is 1. The fourth-order valence-electron chi connectivity index (χ4n) is 8.42. The standard InChI is InChI=1S/C52H86N10O14SSi2/c1-15-27(2)43-47(70)56-22-40(65)57-36(45(68)59-35(21-39(53)64)49(71)62-24-29(63)18-37(62)50(72)73)26-77-48-32(31-17-16-30(74-10)19-33(31)60-48)20-34(44(67)55-23-41(66)61-43)58-46(69)42(54)28(3)38(76-79(13,14)52(7,8)9)25-75-78(11,12)51(4,5)6/h16-17,19,27-29,34-38,42-43,60,63H,15,18,20-26,54H2,1-14H3,(H2,53,64)(H,55,67)(H,56,70)(H,57,65)(H,58,69)(H,59,68)(H,61,66)(H,72,73)/t27-,28-,29+,34+,35-,36+,37-,38?,42-,43-/m0/s1. The molecule has 24 nitrogen and oxygen atoms in total. The van der Waals surface area contributed by atoms with E-state index in [9.17, 15) is 53.4 Å². The summed E-state index contributed by atoms with van der Waals surface area (Å²) in [5.74, 6) is -9.38. The number of nitrogens with one attached hydrogen (secondary N) is 7. The molecule has 0 bridgehead atoms. The van der Waals surface area contributed by atoms with Crippen molar-refractivity contribution in [1.29, 1.82) is 0 Å². The number of primary amides is 1. The number of aliphatic hydroxyl groups is 1. The van der Waals surface area contributed by atoms with E-state index < -0.39 is 156 Å². The van der Waals surface area contributed by atoms with Crippen molar-refractivity contribution in [3.8, 4) is 5.75 Å². The quantitative estimate of drug-likeness (QED) is 0.0939. The average Bonchev–Trinajstić information content (AvgIpc) is 3.93. The summed E-state index contributed by atoms with van der Waals surface area (Å²) in [5, 5.41) is 36.3. The number of likely N-dealkylation sites (tertiary alicyclic amines) is 1. The highest BCUT2D eigenvalue weighted by Crippen LogP contribution is 2.40. The van der Waals surface area contributed by atoms with E-state index in [1.54, 1.807) is 39.0 Å². The van der Waals surface area contributed by atoms with Crippen LogP contribution in [-0.4, -0.2) is 178 Å². The van der Waals surface area contributed by atoms with Crippen molar-refractivity contribution < 1.29 is 67.0 Å². The molecule has 1 fully saturated rings. The predicted molar refractivity (Wildman–Crippen MR) is 302 cm³/mol. The Morgan fingerprint density at radius 1 is 0.924 bits per heavy atom. The number of aromatic nitrogens is 1. The van der Waals surface area contributed by atoms with Crippen molar-refractivity contribution in [3.05, 3.63) is 23.8 Å². The first-order valence-electron chi connectivity index (χ1n) is 26.7. The Kier molecular flexibility index (Phi) is 22.7. The van der Waals surface area contributed by atoms with Crippen LogP contribution in [0.4, 0.5) is 0 Å². The molecule has 3 heterocycles. The highest BCUT2D eigenvalue weighted by molar-refractivity contribution is 7.99. The van der Waals surface area contributed by atoms with E-state index in [0.717, 1.165) is 16.7 Å². The summed E-state index contributed by atoms with van der Waals surface area (Å²) < 4.78 is 19.2. The number of benzene rings is 1. The molecular weight excluding hydrogens is 1080 g/mol. The fraction of sp³-hybridized carbons (Fsp3) is 0.673. The number of carboxylic acid groups (broad SMARTS) is 1. The zero-order valence-electron chi connectivity index (χ0n) is 48.2. The SMILES string of the molecule is CC[C@H](C)[C@@H]1NC(=O)CNC(=O)[C@H](NC(=O)[C@@H](N)[C@@H](C)C(CO[Si](C)(C)C(C)(C)C)O[Si](C)(C)C(C)(C)C)Cc2c([nH]c3cc(OC)ccc23)SC[C@H](C(=O)N[C@@H](CC(N)=O)C(=O)N2C[C@H](O)C[C@H]2C(=O)O)NC(=O)CNC1=O. The first kappa shape index (κ1) is 65.9. The Morgan fingerprint density at radius 3 is 2.10 bits per heavy atom. The number of aromatic amines is 1. The summed E-state index contributed by atoms with van der Waals surface area (Å²) in [6, 6.07) is -3.56. The first-order chi connectivity index (χ1) is 36.5. The van der Waals surface area contributed by atoms with E-state index >= 15 is 0 Å². The van der Waals surface area contributed by atoms with Gasteiger partial charge in [0.15, 0.2) is 16.6 Å². The molecule has 0 spiro atoms. The third-order valence-corrected chi connectivity index (χ3v) is 26.0. The van der Waals surface area contributed by atoms with Gasteiger partial charge in [0.1, 0.15) is 36.0 Å². The van der Waals surface area contributed by atoms with Crippen LogP contribution in [0.3, 0.4) is 0 Å². The molecule has 8 amide bonds. The first-order valence-corrected chi connectivity index (χ1v) is 33.5. The van der Waals surface area contributed by atoms with Gasteiger partial charge in [0.25, 0.3) is 0 Å². The van der Waals surface area contributed by atoms with E-state index in [1.165, 1.54) is 7.11 Å². The summed E-state index contributed by atoms with van der Waals surface area (Å²) in [6.45, 7) is 24.9. The van der Waals surface area contributed by atoms with Gasteiger partial charge in [0.2, 0.25) is 47.3 Å². The molecule has 79 heavy (non-hydrogen) atoms. The maximum atomic E-state index is 14.7. The average molecular weight is 1160 g/mol. The molecule has 10 atom stereocenters. The van der Waals surface area contributed by atoms with Crippen molar-refractivity contribution in [2.24, 2.45) is 23.3 Å². The van der Waals surface area contributed by atoms with Gasteiger partial charge >= 0.3 is 5.97 Å². The Morgan fingerprint density at radius 2 is 1.53 bits per heavy atom. The minimum absolute atomic E-state index is 0.137. The van der Waals surface area contributed by atoms with Gasteiger partial charge in [-0.15, -0.1) is 11.8 Å². The van der Waals surface area contributed by atoms with Gasteiger partial charge in [-0.1, -0.05) is 68.7 Å². The lowest BCUT2D eigenvalue weighted by molar-refractivity contribution is -0.149.